The van der Waals surface area contributed by atoms with Gasteiger partial charge in [-0.1, -0.05) is 26.2 Å². The van der Waals surface area contributed by atoms with Gasteiger partial charge in [0.25, 0.3) is 0 Å². The summed E-state index contributed by atoms with van der Waals surface area (Å²) in [4.78, 5) is 11.5. The van der Waals surface area contributed by atoms with E-state index in [1.165, 1.54) is 32.1 Å². The standard InChI is InChI=1S/C16H26ClN3O/c1-3-11-21-15-12-13(2)18-16(19-15)20(10-9-17)14-7-5-4-6-8-14/h12,14H,3-11H2,1-2H3. The Balaban J connectivity index is 2.19. The Morgan fingerprint density at radius 3 is 2.71 bits per heavy atom. The SMILES string of the molecule is CCCOc1cc(C)nc(N(CCCl)C2CCCCC2)n1. The van der Waals surface area contributed by atoms with Gasteiger partial charge in [0.2, 0.25) is 11.8 Å². The van der Waals surface area contributed by atoms with E-state index in [0.29, 0.717) is 24.4 Å². The first kappa shape index (κ1) is 16.3. The van der Waals surface area contributed by atoms with E-state index in [0.717, 1.165) is 24.6 Å². The highest BCUT2D eigenvalue weighted by atomic mass is 35.5. The summed E-state index contributed by atoms with van der Waals surface area (Å²) in [6, 6.07) is 2.41. The van der Waals surface area contributed by atoms with Gasteiger partial charge in [0.15, 0.2) is 0 Å². The highest BCUT2D eigenvalue weighted by Gasteiger charge is 2.23. The number of nitrogens with zero attached hydrogens (tertiary/aromatic N) is 3. The summed E-state index contributed by atoms with van der Waals surface area (Å²) in [5, 5.41) is 0. The molecule has 1 heterocycles. The first-order chi connectivity index (χ1) is 10.2. The quantitative estimate of drug-likeness (QED) is 0.715. The van der Waals surface area contributed by atoms with Gasteiger partial charge in [-0.05, 0) is 26.2 Å². The Labute approximate surface area is 132 Å². The zero-order chi connectivity index (χ0) is 15.1. The van der Waals surface area contributed by atoms with Crippen molar-refractivity contribution in [1.82, 2.24) is 9.97 Å². The smallest absolute Gasteiger partial charge is 0.229 e. The molecule has 2 rings (SSSR count). The maximum Gasteiger partial charge on any atom is 0.229 e. The van der Waals surface area contributed by atoms with Gasteiger partial charge < -0.3 is 9.64 Å². The molecule has 1 aliphatic rings. The summed E-state index contributed by atoms with van der Waals surface area (Å²) in [6.45, 7) is 5.57. The van der Waals surface area contributed by atoms with E-state index in [1.54, 1.807) is 0 Å². The Kier molecular flexibility index (Phi) is 6.55. The number of aryl methyl sites for hydroxylation is 1. The molecule has 1 aromatic heterocycles. The average molecular weight is 312 g/mol. The molecule has 0 bridgehead atoms. The van der Waals surface area contributed by atoms with Gasteiger partial charge in [-0.3, -0.25) is 0 Å². The minimum absolute atomic E-state index is 0.512. The highest BCUT2D eigenvalue weighted by Crippen LogP contribution is 2.26. The second-order valence-electron chi connectivity index (χ2n) is 5.67. The van der Waals surface area contributed by atoms with Crippen LogP contribution in [0.5, 0.6) is 5.88 Å². The zero-order valence-electron chi connectivity index (χ0n) is 13.1. The van der Waals surface area contributed by atoms with Crippen LogP contribution in [-0.4, -0.2) is 35.0 Å². The molecule has 0 aromatic carbocycles. The van der Waals surface area contributed by atoms with Gasteiger partial charge in [-0.25, -0.2) is 4.98 Å². The third kappa shape index (κ3) is 4.73. The van der Waals surface area contributed by atoms with Crippen LogP contribution < -0.4 is 9.64 Å². The molecule has 5 heteroatoms. The van der Waals surface area contributed by atoms with Gasteiger partial charge >= 0.3 is 0 Å². The number of halogens is 1. The average Bonchev–Trinajstić information content (AvgIpc) is 2.51. The van der Waals surface area contributed by atoms with Gasteiger partial charge in [-0.2, -0.15) is 4.98 Å². The second-order valence-corrected chi connectivity index (χ2v) is 6.05. The van der Waals surface area contributed by atoms with Gasteiger partial charge in [0.05, 0.1) is 6.61 Å². The molecule has 1 aliphatic carbocycles. The number of rotatable bonds is 7. The Bertz CT molecular complexity index is 436. The molecule has 4 nitrogen and oxygen atoms in total. The number of alkyl halides is 1. The van der Waals surface area contributed by atoms with Crippen molar-refractivity contribution in [3.8, 4) is 5.88 Å². The first-order valence-electron chi connectivity index (χ1n) is 8.05. The molecule has 0 unspecified atom stereocenters. The first-order valence-corrected chi connectivity index (χ1v) is 8.59. The van der Waals surface area contributed by atoms with Crippen LogP contribution in [0.1, 0.15) is 51.1 Å². The van der Waals surface area contributed by atoms with Crippen molar-refractivity contribution in [2.24, 2.45) is 0 Å². The number of ether oxygens (including phenoxy) is 1. The number of aromatic nitrogens is 2. The normalized spacial score (nSPS) is 16.0. The lowest BCUT2D eigenvalue weighted by Gasteiger charge is -2.34. The molecule has 0 amide bonds. The third-order valence-electron chi connectivity index (χ3n) is 3.87. The summed E-state index contributed by atoms with van der Waals surface area (Å²) in [5.74, 6) is 2.04. The molecule has 21 heavy (non-hydrogen) atoms. The van der Waals surface area contributed by atoms with Crippen LogP contribution in [0.4, 0.5) is 5.95 Å². The molecule has 1 fully saturated rings. The topological polar surface area (TPSA) is 38.2 Å². The fourth-order valence-corrected chi connectivity index (χ4v) is 3.05. The lowest BCUT2D eigenvalue weighted by atomic mass is 9.94. The molecule has 0 spiro atoms. The van der Waals surface area contributed by atoms with E-state index in [4.69, 9.17) is 16.3 Å². The van der Waals surface area contributed by atoms with E-state index in [-0.39, 0.29) is 0 Å². The fraction of sp³-hybridized carbons (Fsp3) is 0.750. The molecule has 0 N–H and O–H groups in total. The fourth-order valence-electron chi connectivity index (χ4n) is 2.86. The maximum atomic E-state index is 6.00. The summed E-state index contributed by atoms with van der Waals surface area (Å²) < 4.78 is 5.68. The Morgan fingerprint density at radius 1 is 1.29 bits per heavy atom. The summed E-state index contributed by atoms with van der Waals surface area (Å²) in [7, 11) is 0. The van der Waals surface area contributed by atoms with Crippen LogP contribution in [0.15, 0.2) is 6.07 Å². The monoisotopic (exact) mass is 311 g/mol. The minimum atomic E-state index is 0.512. The Hall–Kier alpha value is -1.03. The summed E-state index contributed by atoms with van der Waals surface area (Å²) in [5.41, 5.74) is 0.946. The van der Waals surface area contributed by atoms with Crippen molar-refractivity contribution in [2.75, 3.05) is 23.9 Å². The van der Waals surface area contributed by atoms with Crippen LogP contribution in [-0.2, 0) is 0 Å². The van der Waals surface area contributed by atoms with Crippen LogP contribution in [0, 0.1) is 6.92 Å². The zero-order valence-corrected chi connectivity index (χ0v) is 13.9. The molecule has 118 valence electrons. The minimum Gasteiger partial charge on any atom is -0.478 e. The summed E-state index contributed by atoms with van der Waals surface area (Å²) in [6.07, 6.45) is 7.30. The van der Waals surface area contributed by atoms with E-state index < -0.39 is 0 Å². The van der Waals surface area contributed by atoms with Crippen molar-refractivity contribution in [3.05, 3.63) is 11.8 Å². The summed E-state index contributed by atoms with van der Waals surface area (Å²) >= 11 is 6.00. The van der Waals surface area contributed by atoms with Gasteiger partial charge in [0.1, 0.15) is 0 Å². The highest BCUT2D eigenvalue weighted by molar-refractivity contribution is 6.18. The molecule has 0 aliphatic heterocycles. The number of hydrogen-bond acceptors (Lipinski definition) is 4. The molecular weight excluding hydrogens is 286 g/mol. The predicted molar refractivity (Wildman–Crippen MR) is 87.5 cm³/mol. The van der Waals surface area contributed by atoms with Crippen molar-refractivity contribution in [3.63, 3.8) is 0 Å². The van der Waals surface area contributed by atoms with Crippen LogP contribution >= 0.6 is 11.6 Å². The van der Waals surface area contributed by atoms with Crippen LogP contribution in [0.25, 0.3) is 0 Å². The Morgan fingerprint density at radius 2 is 2.05 bits per heavy atom. The van der Waals surface area contributed by atoms with Crippen LogP contribution in [0.3, 0.4) is 0 Å². The van der Waals surface area contributed by atoms with Crippen molar-refractivity contribution in [2.45, 2.75) is 58.4 Å². The molecular formula is C16H26ClN3O. The van der Waals surface area contributed by atoms with E-state index in [1.807, 2.05) is 13.0 Å². The second kappa shape index (κ2) is 8.42. The number of hydrogen-bond donors (Lipinski definition) is 0. The lowest BCUT2D eigenvalue weighted by Crippen LogP contribution is -2.39. The largest absolute Gasteiger partial charge is 0.478 e. The number of anilines is 1. The van der Waals surface area contributed by atoms with Crippen molar-refractivity contribution in [1.29, 1.82) is 0 Å². The third-order valence-corrected chi connectivity index (χ3v) is 4.04. The molecule has 0 saturated heterocycles. The predicted octanol–water partition coefficient (Wildman–Crippen LogP) is 3.95. The van der Waals surface area contributed by atoms with E-state index >= 15 is 0 Å². The van der Waals surface area contributed by atoms with E-state index in [9.17, 15) is 0 Å². The van der Waals surface area contributed by atoms with Crippen molar-refractivity contribution < 1.29 is 4.74 Å². The van der Waals surface area contributed by atoms with Crippen molar-refractivity contribution >= 4 is 17.5 Å². The lowest BCUT2D eigenvalue weighted by molar-refractivity contribution is 0.304. The molecule has 0 atom stereocenters. The molecule has 1 aromatic rings. The van der Waals surface area contributed by atoms with Gasteiger partial charge in [-0.15, -0.1) is 11.6 Å². The molecule has 0 radical (unpaired) electrons. The molecule has 1 saturated carbocycles. The van der Waals surface area contributed by atoms with Crippen LogP contribution in [0.2, 0.25) is 0 Å². The van der Waals surface area contributed by atoms with E-state index in [2.05, 4.69) is 21.8 Å². The van der Waals surface area contributed by atoms with Gasteiger partial charge in [0, 0.05) is 30.2 Å². The maximum absolute atomic E-state index is 6.00.